The molecule has 1 rings (SSSR count). The fourth-order valence-electron chi connectivity index (χ4n) is 1.22. The van der Waals surface area contributed by atoms with Crippen LogP contribution in [0, 0.1) is 0 Å². The first-order chi connectivity index (χ1) is 7.08. The van der Waals surface area contributed by atoms with Gasteiger partial charge in [-0.25, -0.2) is 0 Å². The minimum atomic E-state index is -0.153. The van der Waals surface area contributed by atoms with Crippen molar-refractivity contribution in [1.82, 2.24) is 0 Å². The Balaban J connectivity index is 2.37. The summed E-state index contributed by atoms with van der Waals surface area (Å²) in [6.07, 6.45) is 1.07. The number of halogens is 1. The summed E-state index contributed by atoms with van der Waals surface area (Å²) in [5.41, 5.74) is 1.10. The highest BCUT2D eigenvalue weighted by Crippen LogP contribution is 2.11. The molecule has 82 valence electrons. The number of aryl methyl sites for hydroxylation is 1. The van der Waals surface area contributed by atoms with E-state index in [1.807, 2.05) is 38.1 Å². The van der Waals surface area contributed by atoms with Gasteiger partial charge in [-0.1, -0.05) is 23.7 Å². The fraction of sp³-hybridized carbons (Fsp3) is 0.417. The number of hydrogen-bond donors (Lipinski definition) is 0. The average Bonchev–Trinajstić information content (AvgIpc) is 2.16. The predicted molar refractivity (Wildman–Crippen MR) is 61.0 cm³/mol. The molecule has 0 spiro atoms. The Morgan fingerprint density at radius 3 is 2.47 bits per heavy atom. The monoisotopic (exact) mass is 226 g/mol. The Hall–Kier alpha value is -1.02. The van der Waals surface area contributed by atoms with Gasteiger partial charge in [0.05, 0.1) is 6.10 Å². The summed E-state index contributed by atoms with van der Waals surface area (Å²) in [6, 6.07) is 7.49. The van der Waals surface area contributed by atoms with Gasteiger partial charge < -0.3 is 4.74 Å². The molecule has 0 aliphatic heterocycles. The third kappa shape index (κ3) is 4.84. The van der Waals surface area contributed by atoms with E-state index in [0.29, 0.717) is 17.9 Å². The summed E-state index contributed by atoms with van der Waals surface area (Å²) in [7, 11) is 0. The van der Waals surface area contributed by atoms with Crippen molar-refractivity contribution in [3.05, 3.63) is 34.9 Å². The van der Waals surface area contributed by atoms with Crippen molar-refractivity contribution in [2.24, 2.45) is 0 Å². The van der Waals surface area contributed by atoms with Crippen molar-refractivity contribution in [2.75, 3.05) is 0 Å². The molecule has 0 bridgehead atoms. The second kappa shape index (κ2) is 5.76. The van der Waals surface area contributed by atoms with Gasteiger partial charge in [-0.2, -0.15) is 0 Å². The zero-order valence-electron chi connectivity index (χ0n) is 9.00. The molecule has 0 saturated heterocycles. The minimum absolute atomic E-state index is 0.0392. The van der Waals surface area contributed by atoms with Gasteiger partial charge in [0.1, 0.15) is 0 Å². The maximum absolute atomic E-state index is 11.2. The van der Waals surface area contributed by atoms with Gasteiger partial charge in [0.15, 0.2) is 0 Å². The molecule has 2 nitrogen and oxygen atoms in total. The molecule has 0 atom stereocenters. The van der Waals surface area contributed by atoms with Crippen LogP contribution in [-0.4, -0.2) is 12.1 Å². The normalized spacial score (nSPS) is 10.4. The third-order valence-corrected chi connectivity index (χ3v) is 2.15. The average molecular weight is 227 g/mol. The third-order valence-electron chi connectivity index (χ3n) is 1.90. The van der Waals surface area contributed by atoms with Crippen LogP contribution >= 0.6 is 11.6 Å². The standard InChI is InChI=1S/C12H15ClO2/c1-9(2)15-12(14)8-5-10-3-6-11(13)7-4-10/h3-4,6-7,9H,5,8H2,1-2H3. The Morgan fingerprint density at radius 1 is 1.33 bits per heavy atom. The molecule has 1 aromatic rings. The van der Waals surface area contributed by atoms with Gasteiger partial charge in [0.25, 0.3) is 0 Å². The van der Waals surface area contributed by atoms with E-state index in [-0.39, 0.29) is 12.1 Å². The van der Waals surface area contributed by atoms with Crippen molar-refractivity contribution in [2.45, 2.75) is 32.8 Å². The van der Waals surface area contributed by atoms with Crippen LogP contribution in [0.25, 0.3) is 0 Å². The van der Waals surface area contributed by atoms with Crippen LogP contribution in [0.15, 0.2) is 24.3 Å². The molecule has 0 heterocycles. The van der Waals surface area contributed by atoms with Crippen LogP contribution < -0.4 is 0 Å². The molecule has 0 fully saturated rings. The highest BCUT2D eigenvalue weighted by atomic mass is 35.5. The van der Waals surface area contributed by atoms with E-state index in [4.69, 9.17) is 16.3 Å². The number of hydrogen-bond acceptors (Lipinski definition) is 2. The lowest BCUT2D eigenvalue weighted by atomic mass is 10.1. The zero-order valence-corrected chi connectivity index (χ0v) is 9.75. The van der Waals surface area contributed by atoms with Crippen LogP contribution in [0.3, 0.4) is 0 Å². The predicted octanol–water partition coefficient (Wildman–Crippen LogP) is 3.22. The summed E-state index contributed by atoms with van der Waals surface area (Å²) < 4.78 is 5.03. The molecular weight excluding hydrogens is 212 g/mol. The number of rotatable bonds is 4. The summed E-state index contributed by atoms with van der Waals surface area (Å²) in [4.78, 5) is 11.2. The molecule has 0 amide bonds. The van der Waals surface area contributed by atoms with E-state index >= 15 is 0 Å². The number of carbonyl (C=O) groups excluding carboxylic acids is 1. The van der Waals surface area contributed by atoms with Crippen molar-refractivity contribution in [3.63, 3.8) is 0 Å². The summed E-state index contributed by atoms with van der Waals surface area (Å²) in [5, 5.41) is 0.712. The Bertz CT molecular complexity index is 317. The molecule has 0 N–H and O–H groups in total. The van der Waals surface area contributed by atoms with Crippen LogP contribution in [0.2, 0.25) is 5.02 Å². The lowest BCUT2D eigenvalue weighted by Gasteiger charge is -2.07. The van der Waals surface area contributed by atoms with Gasteiger partial charge in [-0.15, -0.1) is 0 Å². The van der Waals surface area contributed by atoms with E-state index in [1.54, 1.807) is 0 Å². The maximum Gasteiger partial charge on any atom is 0.306 e. The van der Waals surface area contributed by atoms with E-state index in [0.717, 1.165) is 5.56 Å². The highest BCUT2D eigenvalue weighted by Gasteiger charge is 2.05. The SMILES string of the molecule is CC(C)OC(=O)CCc1ccc(Cl)cc1. The quantitative estimate of drug-likeness (QED) is 0.737. The van der Waals surface area contributed by atoms with Crippen LogP contribution in [0.1, 0.15) is 25.8 Å². The van der Waals surface area contributed by atoms with Gasteiger partial charge in [-0.05, 0) is 38.0 Å². The van der Waals surface area contributed by atoms with E-state index in [1.165, 1.54) is 0 Å². The number of carbonyl (C=O) groups is 1. The Labute approximate surface area is 95.2 Å². The number of ether oxygens (including phenoxy) is 1. The molecule has 0 radical (unpaired) electrons. The summed E-state index contributed by atoms with van der Waals surface area (Å²) in [6.45, 7) is 3.69. The van der Waals surface area contributed by atoms with Crippen LogP contribution in [-0.2, 0) is 16.0 Å². The van der Waals surface area contributed by atoms with Crippen molar-refractivity contribution >= 4 is 17.6 Å². The van der Waals surface area contributed by atoms with E-state index < -0.39 is 0 Å². The molecule has 15 heavy (non-hydrogen) atoms. The van der Waals surface area contributed by atoms with Crippen molar-refractivity contribution in [1.29, 1.82) is 0 Å². The van der Waals surface area contributed by atoms with Crippen molar-refractivity contribution < 1.29 is 9.53 Å². The molecule has 0 aromatic heterocycles. The zero-order chi connectivity index (χ0) is 11.3. The molecule has 3 heteroatoms. The first-order valence-electron chi connectivity index (χ1n) is 5.02. The molecule has 0 saturated carbocycles. The van der Waals surface area contributed by atoms with Crippen molar-refractivity contribution in [3.8, 4) is 0 Å². The fourth-order valence-corrected chi connectivity index (χ4v) is 1.35. The molecule has 0 unspecified atom stereocenters. The Kier molecular flexibility index (Phi) is 4.63. The van der Waals surface area contributed by atoms with E-state index in [9.17, 15) is 4.79 Å². The number of benzene rings is 1. The lowest BCUT2D eigenvalue weighted by Crippen LogP contribution is -2.11. The van der Waals surface area contributed by atoms with Crippen LogP contribution in [0.4, 0.5) is 0 Å². The molecular formula is C12H15ClO2. The van der Waals surface area contributed by atoms with Gasteiger partial charge in [0.2, 0.25) is 0 Å². The smallest absolute Gasteiger partial charge is 0.306 e. The molecule has 0 aliphatic carbocycles. The second-order valence-electron chi connectivity index (χ2n) is 3.67. The Morgan fingerprint density at radius 2 is 1.93 bits per heavy atom. The topological polar surface area (TPSA) is 26.3 Å². The van der Waals surface area contributed by atoms with Gasteiger partial charge in [-0.3, -0.25) is 4.79 Å². The second-order valence-corrected chi connectivity index (χ2v) is 4.10. The summed E-state index contributed by atoms with van der Waals surface area (Å²) >= 11 is 5.75. The van der Waals surface area contributed by atoms with Gasteiger partial charge >= 0.3 is 5.97 Å². The lowest BCUT2D eigenvalue weighted by molar-refractivity contribution is -0.147. The first-order valence-corrected chi connectivity index (χ1v) is 5.39. The number of esters is 1. The first kappa shape index (κ1) is 12.1. The highest BCUT2D eigenvalue weighted by molar-refractivity contribution is 6.30. The largest absolute Gasteiger partial charge is 0.463 e. The summed E-state index contributed by atoms with van der Waals surface area (Å²) in [5.74, 6) is -0.153. The molecule has 1 aromatic carbocycles. The minimum Gasteiger partial charge on any atom is -0.463 e. The maximum atomic E-state index is 11.2. The molecule has 0 aliphatic rings. The van der Waals surface area contributed by atoms with Gasteiger partial charge in [0, 0.05) is 11.4 Å². The van der Waals surface area contributed by atoms with Crippen LogP contribution in [0.5, 0.6) is 0 Å². The van der Waals surface area contributed by atoms with E-state index in [2.05, 4.69) is 0 Å².